The zero-order valence-corrected chi connectivity index (χ0v) is 18.3. The van der Waals surface area contributed by atoms with Crippen molar-refractivity contribution in [2.45, 2.75) is 4.90 Å². The molecular weight excluding hydrogens is 449 g/mol. The Morgan fingerprint density at radius 2 is 1.70 bits per heavy atom. The molecule has 7 nitrogen and oxygen atoms in total. The average molecular weight is 467 g/mol. The van der Waals surface area contributed by atoms with Crippen molar-refractivity contribution >= 4 is 27.0 Å². The molecule has 0 bridgehead atoms. The lowest BCUT2D eigenvalue weighted by Crippen LogP contribution is -2.26. The van der Waals surface area contributed by atoms with Gasteiger partial charge in [-0.05, 0) is 54.6 Å². The van der Waals surface area contributed by atoms with Gasteiger partial charge in [0.25, 0.3) is 0 Å². The van der Waals surface area contributed by atoms with Crippen molar-refractivity contribution in [1.82, 2.24) is 0 Å². The van der Waals surface area contributed by atoms with Gasteiger partial charge in [-0.2, -0.15) is 0 Å². The van der Waals surface area contributed by atoms with E-state index in [0.717, 1.165) is 12.1 Å². The summed E-state index contributed by atoms with van der Waals surface area (Å²) in [5, 5.41) is 0. The fourth-order valence-electron chi connectivity index (χ4n) is 3.74. The van der Waals surface area contributed by atoms with Gasteiger partial charge in [0.2, 0.25) is 15.6 Å². The summed E-state index contributed by atoms with van der Waals surface area (Å²) in [6.07, 6.45) is 1.22. The van der Waals surface area contributed by atoms with Crippen molar-refractivity contribution in [3.8, 4) is 17.2 Å². The molecule has 3 aromatic carbocycles. The largest absolute Gasteiger partial charge is 0.497 e. The van der Waals surface area contributed by atoms with Gasteiger partial charge in [0.15, 0.2) is 11.5 Å². The maximum atomic E-state index is 14.1. The SMILES string of the molecule is COc1ccc(C(=O)C2=CN(c3ccc4c(c3)OCCO4)c3cc(F)ccc3S2(=O)=O)cc1. The molecule has 0 amide bonds. The highest BCUT2D eigenvalue weighted by Gasteiger charge is 2.36. The number of allylic oxidation sites excluding steroid dienone is 1. The molecule has 0 fully saturated rings. The van der Waals surface area contributed by atoms with Crippen molar-refractivity contribution in [2.24, 2.45) is 0 Å². The monoisotopic (exact) mass is 467 g/mol. The van der Waals surface area contributed by atoms with Gasteiger partial charge in [0.1, 0.15) is 29.7 Å². The van der Waals surface area contributed by atoms with Crippen LogP contribution in [0.5, 0.6) is 17.2 Å². The molecule has 0 atom stereocenters. The highest BCUT2D eigenvalue weighted by molar-refractivity contribution is 7.96. The van der Waals surface area contributed by atoms with Crippen LogP contribution in [0, 0.1) is 5.82 Å². The maximum absolute atomic E-state index is 14.1. The highest BCUT2D eigenvalue weighted by Crippen LogP contribution is 2.43. The molecule has 2 heterocycles. The van der Waals surface area contributed by atoms with Crippen LogP contribution in [-0.2, 0) is 9.84 Å². The molecule has 0 unspecified atom stereocenters. The summed E-state index contributed by atoms with van der Waals surface area (Å²) in [6.45, 7) is 0.788. The molecule has 0 spiro atoms. The fraction of sp³-hybridized carbons (Fsp3) is 0.125. The predicted molar refractivity (Wildman–Crippen MR) is 119 cm³/mol. The first-order valence-electron chi connectivity index (χ1n) is 10.0. The zero-order valence-electron chi connectivity index (χ0n) is 17.4. The number of rotatable bonds is 4. The fourth-order valence-corrected chi connectivity index (χ4v) is 5.26. The summed E-state index contributed by atoms with van der Waals surface area (Å²) >= 11 is 0. The second kappa shape index (κ2) is 7.93. The van der Waals surface area contributed by atoms with Gasteiger partial charge >= 0.3 is 0 Å². The molecule has 33 heavy (non-hydrogen) atoms. The quantitative estimate of drug-likeness (QED) is 0.419. The number of nitrogens with zero attached hydrogens (tertiary/aromatic N) is 1. The first-order valence-corrected chi connectivity index (χ1v) is 11.5. The summed E-state index contributed by atoms with van der Waals surface area (Å²) in [5.74, 6) is 0.264. The van der Waals surface area contributed by atoms with Gasteiger partial charge in [-0.3, -0.25) is 4.79 Å². The number of halogens is 1. The van der Waals surface area contributed by atoms with E-state index in [1.54, 1.807) is 30.3 Å². The number of carbonyl (C=O) groups is 1. The Hall–Kier alpha value is -3.85. The Labute approximate surface area is 189 Å². The lowest BCUT2D eigenvalue weighted by atomic mass is 10.1. The number of fused-ring (bicyclic) bond motifs is 2. The Balaban J connectivity index is 1.66. The smallest absolute Gasteiger partial charge is 0.214 e. The number of benzene rings is 3. The molecule has 0 radical (unpaired) electrons. The molecule has 0 saturated heterocycles. The van der Waals surface area contributed by atoms with E-state index in [4.69, 9.17) is 14.2 Å². The summed E-state index contributed by atoms with van der Waals surface area (Å²) < 4.78 is 57.1. The minimum Gasteiger partial charge on any atom is -0.497 e. The van der Waals surface area contributed by atoms with E-state index in [1.807, 2.05) is 0 Å². The lowest BCUT2D eigenvalue weighted by Gasteiger charge is -2.30. The number of ether oxygens (including phenoxy) is 3. The van der Waals surface area contributed by atoms with Crippen LogP contribution in [-0.4, -0.2) is 34.5 Å². The molecule has 5 rings (SSSR count). The number of methoxy groups -OCH3 is 1. The van der Waals surface area contributed by atoms with Gasteiger partial charge in [0.05, 0.1) is 17.7 Å². The molecule has 9 heteroatoms. The van der Waals surface area contributed by atoms with Crippen LogP contribution in [0.4, 0.5) is 15.8 Å². The molecule has 0 N–H and O–H groups in total. The Bertz CT molecular complexity index is 1400. The topological polar surface area (TPSA) is 82.1 Å². The molecule has 2 aliphatic heterocycles. The van der Waals surface area contributed by atoms with Crippen LogP contribution in [0.15, 0.2) is 76.7 Å². The van der Waals surface area contributed by atoms with Crippen LogP contribution in [0.2, 0.25) is 0 Å². The molecule has 0 saturated carbocycles. The number of sulfone groups is 1. The summed E-state index contributed by atoms with van der Waals surface area (Å²) in [4.78, 5) is 14.1. The van der Waals surface area contributed by atoms with E-state index in [9.17, 15) is 17.6 Å². The first kappa shape index (κ1) is 21.0. The van der Waals surface area contributed by atoms with Gasteiger partial charge in [0, 0.05) is 23.5 Å². The Morgan fingerprint density at radius 1 is 0.970 bits per heavy atom. The van der Waals surface area contributed by atoms with Gasteiger partial charge in [-0.25, -0.2) is 12.8 Å². The third kappa shape index (κ3) is 3.60. The molecule has 0 aromatic heterocycles. The number of ketones is 1. The van der Waals surface area contributed by atoms with Crippen LogP contribution < -0.4 is 19.1 Å². The highest BCUT2D eigenvalue weighted by atomic mass is 32.2. The Kier molecular flexibility index (Phi) is 5.05. The van der Waals surface area contributed by atoms with Crippen LogP contribution >= 0.6 is 0 Å². The van der Waals surface area contributed by atoms with E-state index in [0.29, 0.717) is 36.1 Å². The first-order chi connectivity index (χ1) is 15.9. The standard InChI is InChI=1S/C24H18FNO6S/c1-30-18-6-2-15(3-7-18)24(27)23-14-26(17-5-8-20-21(13-17)32-11-10-31-20)19-12-16(25)4-9-22(19)33(23,28)29/h2-9,12-14H,10-11H2,1H3. The number of anilines is 2. The second-order valence-corrected chi connectivity index (χ2v) is 9.25. The van der Waals surface area contributed by atoms with E-state index in [-0.39, 0.29) is 16.1 Å². The van der Waals surface area contributed by atoms with Crippen molar-refractivity contribution in [1.29, 1.82) is 0 Å². The summed E-state index contributed by atoms with van der Waals surface area (Å²) in [6, 6.07) is 14.5. The number of hydrogen-bond acceptors (Lipinski definition) is 7. The van der Waals surface area contributed by atoms with Crippen molar-refractivity contribution in [3.63, 3.8) is 0 Å². The van der Waals surface area contributed by atoms with Crippen LogP contribution in [0.25, 0.3) is 0 Å². The van der Waals surface area contributed by atoms with Crippen molar-refractivity contribution in [3.05, 3.63) is 83.1 Å². The van der Waals surface area contributed by atoms with Gasteiger partial charge < -0.3 is 19.1 Å². The minimum atomic E-state index is -4.20. The molecular formula is C24H18FNO6S. The lowest BCUT2D eigenvalue weighted by molar-refractivity contribution is 0.104. The predicted octanol–water partition coefficient (Wildman–Crippen LogP) is 4.26. The Morgan fingerprint density at radius 3 is 2.42 bits per heavy atom. The zero-order chi connectivity index (χ0) is 23.2. The number of Topliss-reactive ketones (excluding diaryl/α,β-unsaturated/α-hetero) is 1. The van der Waals surface area contributed by atoms with Crippen molar-refractivity contribution < 1.29 is 31.8 Å². The summed E-state index contributed by atoms with van der Waals surface area (Å²) in [7, 11) is -2.71. The average Bonchev–Trinajstić information content (AvgIpc) is 2.83. The third-order valence-electron chi connectivity index (χ3n) is 5.39. The van der Waals surface area contributed by atoms with Gasteiger partial charge in [-0.1, -0.05) is 0 Å². The molecule has 2 aliphatic rings. The van der Waals surface area contributed by atoms with E-state index >= 15 is 0 Å². The van der Waals surface area contributed by atoms with E-state index < -0.39 is 26.3 Å². The second-order valence-electron chi connectivity index (χ2n) is 7.36. The number of hydrogen-bond donors (Lipinski definition) is 0. The molecule has 168 valence electrons. The van der Waals surface area contributed by atoms with E-state index in [1.165, 1.54) is 36.4 Å². The maximum Gasteiger partial charge on any atom is 0.214 e. The van der Waals surface area contributed by atoms with Gasteiger partial charge in [-0.15, -0.1) is 0 Å². The normalized spacial score (nSPS) is 15.9. The number of carbonyl (C=O) groups excluding carboxylic acids is 1. The van der Waals surface area contributed by atoms with Crippen LogP contribution in [0.3, 0.4) is 0 Å². The third-order valence-corrected chi connectivity index (χ3v) is 7.18. The van der Waals surface area contributed by atoms with Crippen LogP contribution in [0.1, 0.15) is 10.4 Å². The molecule has 0 aliphatic carbocycles. The van der Waals surface area contributed by atoms with Crippen molar-refractivity contribution in [2.75, 3.05) is 25.2 Å². The summed E-state index contributed by atoms with van der Waals surface area (Å²) in [5.41, 5.74) is 0.761. The van der Waals surface area contributed by atoms with E-state index in [2.05, 4.69) is 0 Å². The molecule has 3 aromatic rings. The minimum absolute atomic E-state index is 0.0953.